The van der Waals surface area contributed by atoms with E-state index < -0.39 is 6.04 Å². The average molecular weight is 229 g/mol. The second kappa shape index (κ2) is 5.04. The van der Waals surface area contributed by atoms with Gasteiger partial charge in [0.25, 0.3) is 0 Å². The SMILES string of the molecule is CCC(N)C(=O)Nc1nc(C)cc(Cl)n1. The zero-order chi connectivity index (χ0) is 11.4. The first-order valence-corrected chi connectivity index (χ1v) is 4.98. The Balaban J connectivity index is 2.76. The summed E-state index contributed by atoms with van der Waals surface area (Å²) in [6, 6.07) is 1.06. The molecule has 0 radical (unpaired) electrons. The molecule has 1 heterocycles. The zero-order valence-electron chi connectivity index (χ0n) is 8.62. The number of rotatable bonds is 3. The van der Waals surface area contributed by atoms with E-state index in [2.05, 4.69) is 15.3 Å². The topological polar surface area (TPSA) is 80.9 Å². The Morgan fingerprint density at radius 1 is 1.67 bits per heavy atom. The van der Waals surface area contributed by atoms with E-state index in [0.717, 1.165) is 0 Å². The normalized spacial score (nSPS) is 12.3. The number of carbonyl (C=O) groups excluding carboxylic acids is 1. The highest BCUT2D eigenvalue weighted by Crippen LogP contribution is 2.09. The molecule has 1 rings (SSSR count). The number of nitrogens with two attached hydrogens (primary N) is 1. The van der Waals surface area contributed by atoms with Crippen molar-refractivity contribution in [1.82, 2.24) is 9.97 Å². The molecule has 15 heavy (non-hydrogen) atoms. The van der Waals surface area contributed by atoms with Crippen LogP contribution in [0.2, 0.25) is 5.15 Å². The third kappa shape index (κ3) is 3.45. The van der Waals surface area contributed by atoms with Crippen molar-refractivity contribution in [1.29, 1.82) is 0 Å². The second-order valence-corrected chi connectivity index (χ2v) is 3.55. The van der Waals surface area contributed by atoms with Crippen LogP contribution in [0.1, 0.15) is 19.0 Å². The van der Waals surface area contributed by atoms with Gasteiger partial charge in [-0.3, -0.25) is 10.1 Å². The highest BCUT2D eigenvalue weighted by molar-refractivity contribution is 6.29. The number of nitrogens with one attached hydrogen (secondary N) is 1. The largest absolute Gasteiger partial charge is 0.320 e. The summed E-state index contributed by atoms with van der Waals surface area (Å²) in [7, 11) is 0. The lowest BCUT2D eigenvalue weighted by molar-refractivity contribution is -0.117. The highest BCUT2D eigenvalue weighted by Gasteiger charge is 2.12. The maximum Gasteiger partial charge on any atom is 0.243 e. The maximum absolute atomic E-state index is 11.4. The molecule has 1 aromatic rings. The summed E-state index contributed by atoms with van der Waals surface area (Å²) in [5.74, 6) is -0.118. The van der Waals surface area contributed by atoms with E-state index in [0.29, 0.717) is 17.3 Å². The first kappa shape index (κ1) is 11.9. The fraction of sp³-hybridized carbons (Fsp3) is 0.444. The van der Waals surface area contributed by atoms with Gasteiger partial charge >= 0.3 is 0 Å². The number of nitrogens with zero attached hydrogens (tertiary/aromatic N) is 2. The van der Waals surface area contributed by atoms with Gasteiger partial charge in [-0.25, -0.2) is 9.97 Å². The molecule has 0 aliphatic carbocycles. The molecule has 5 nitrogen and oxygen atoms in total. The van der Waals surface area contributed by atoms with Gasteiger partial charge in [0, 0.05) is 5.69 Å². The molecule has 0 saturated carbocycles. The number of amides is 1. The molecule has 3 N–H and O–H groups in total. The summed E-state index contributed by atoms with van der Waals surface area (Å²) in [6.45, 7) is 3.59. The molecule has 0 fully saturated rings. The fourth-order valence-electron chi connectivity index (χ4n) is 0.974. The fourth-order valence-corrected chi connectivity index (χ4v) is 1.21. The van der Waals surface area contributed by atoms with E-state index in [1.165, 1.54) is 0 Å². The minimum atomic E-state index is -0.548. The third-order valence-corrected chi connectivity index (χ3v) is 2.03. The molecule has 1 unspecified atom stereocenters. The van der Waals surface area contributed by atoms with Crippen LogP contribution < -0.4 is 11.1 Å². The van der Waals surface area contributed by atoms with Crippen molar-refractivity contribution >= 4 is 23.5 Å². The minimum absolute atomic E-state index is 0.189. The van der Waals surface area contributed by atoms with Crippen LogP contribution in [-0.4, -0.2) is 21.9 Å². The second-order valence-electron chi connectivity index (χ2n) is 3.16. The van der Waals surface area contributed by atoms with Crippen LogP contribution >= 0.6 is 11.6 Å². The Hall–Kier alpha value is -1.20. The van der Waals surface area contributed by atoms with Gasteiger partial charge in [-0.05, 0) is 19.4 Å². The number of aryl methyl sites for hydroxylation is 1. The predicted molar refractivity (Wildman–Crippen MR) is 58.7 cm³/mol. The standard InChI is InChI=1S/C9H13ClN4O/c1-3-6(11)8(15)14-9-12-5(2)4-7(10)13-9/h4,6H,3,11H2,1-2H3,(H,12,13,14,15). The van der Waals surface area contributed by atoms with Gasteiger partial charge in [0.1, 0.15) is 5.15 Å². The Morgan fingerprint density at radius 3 is 2.87 bits per heavy atom. The molecule has 0 bridgehead atoms. The van der Waals surface area contributed by atoms with Gasteiger partial charge in [-0.2, -0.15) is 0 Å². The lowest BCUT2D eigenvalue weighted by Crippen LogP contribution is -2.35. The van der Waals surface area contributed by atoms with Crippen LogP contribution in [0.4, 0.5) is 5.95 Å². The van der Waals surface area contributed by atoms with Gasteiger partial charge in [-0.1, -0.05) is 18.5 Å². The average Bonchev–Trinajstić information content (AvgIpc) is 2.14. The molecule has 0 aliphatic heterocycles. The summed E-state index contributed by atoms with van der Waals surface area (Å²) in [5, 5.41) is 2.80. The Bertz CT molecular complexity index is 349. The van der Waals surface area contributed by atoms with Gasteiger partial charge in [0.2, 0.25) is 11.9 Å². The number of halogens is 1. The summed E-state index contributed by atoms with van der Waals surface area (Å²) >= 11 is 5.71. The lowest BCUT2D eigenvalue weighted by atomic mass is 10.2. The van der Waals surface area contributed by atoms with Crippen LogP contribution in [0.15, 0.2) is 6.07 Å². The smallest absolute Gasteiger partial charge is 0.243 e. The predicted octanol–water partition coefficient (Wildman–Crippen LogP) is 1.11. The van der Waals surface area contributed by atoms with Crippen molar-refractivity contribution in [3.63, 3.8) is 0 Å². The van der Waals surface area contributed by atoms with E-state index in [4.69, 9.17) is 17.3 Å². The number of hydrogen-bond donors (Lipinski definition) is 2. The first-order chi connectivity index (χ1) is 7.02. The summed E-state index contributed by atoms with van der Waals surface area (Å²) in [4.78, 5) is 19.3. The molecule has 1 aromatic heterocycles. The quantitative estimate of drug-likeness (QED) is 0.760. The van der Waals surface area contributed by atoms with Crippen molar-refractivity contribution in [2.75, 3.05) is 5.32 Å². The molecule has 0 saturated heterocycles. The van der Waals surface area contributed by atoms with Gasteiger partial charge < -0.3 is 5.73 Å². The van der Waals surface area contributed by atoms with Crippen molar-refractivity contribution in [3.8, 4) is 0 Å². The minimum Gasteiger partial charge on any atom is -0.320 e. The lowest BCUT2D eigenvalue weighted by Gasteiger charge is -2.08. The Morgan fingerprint density at radius 2 is 2.33 bits per heavy atom. The molecular weight excluding hydrogens is 216 g/mol. The number of carbonyl (C=O) groups is 1. The molecule has 1 atom stereocenters. The summed E-state index contributed by atoms with van der Waals surface area (Å²) in [6.07, 6.45) is 0.561. The van der Waals surface area contributed by atoms with E-state index in [1.54, 1.807) is 13.0 Å². The van der Waals surface area contributed by atoms with E-state index in [-0.39, 0.29) is 11.9 Å². The Labute approximate surface area is 93.0 Å². The first-order valence-electron chi connectivity index (χ1n) is 4.60. The zero-order valence-corrected chi connectivity index (χ0v) is 9.38. The van der Waals surface area contributed by atoms with Crippen molar-refractivity contribution in [2.45, 2.75) is 26.3 Å². The van der Waals surface area contributed by atoms with Crippen LogP contribution in [0.25, 0.3) is 0 Å². The maximum atomic E-state index is 11.4. The molecule has 0 aromatic carbocycles. The number of anilines is 1. The van der Waals surface area contributed by atoms with Crippen molar-refractivity contribution in [3.05, 3.63) is 16.9 Å². The summed E-state index contributed by atoms with van der Waals surface area (Å²) in [5.41, 5.74) is 6.23. The van der Waals surface area contributed by atoms with E-state index in [9.17, 15) is 4.79 Å². The summed E-state index contributed by atoms with van der Waals surface area (Å²) < 4.78 is 0. The molecular formula is C9H13ClN4O. The monoisotopic (exact) mass is 228 g/mol. The van der Waals surface area contributed by atoms with Crippen molar-refractivity contribution < 1.29 is 4.79 Å². The van der Waals surface area contributed by atoms with E-state index in [1.807, 2.05) is 6.92 Å². The molecule has 6 heteroatoms. The van der Waals surface area contributed by atoms with Crippen LogP contribution in [0, 0.1) is 6.92 Å². The van der Waals surface area contributed by atoms with E-state index >= 15 is 0 Å². The van der Waals surface area contributed by atoms with Crippen LogP contribution in [-0.2, 0) is 4.79 Å². The number of hydrogen-bond acceptors (Lipinski definition) is 4. The molecule has 82 valence electrons. The highest BCUT2D eigenvalue weighted by atomic mass is 35.5. The van der Waals surface area contributed by atoms with Crippen LogP contribution in [0.5, 0.6) is 0 Å². The number of aromatic nitrogens is 2. The third-order valence-electron chi connectivity index (χ3n) is 1.83. The van der Waals surface area contributed by atoms with Crippen LogP contribution in [0.3, 0.4) is 0 Å². The molecule has 0 aliphatic rings. The van der Waals surface area contributed by atoms with Crippen molar-refractivity contribution in [2.24, 2.45) is 5.73 Å². The van der Waals surface area contributed by atoms with Gasteiger partial charge in [-0.15, -0.1) is 0 Å². The van der Waals surface area contributed by atoms with Gasteiger partial charge in [0.05, 0.1) is 6.04 Å². The molecule has 0 spiro atoms. The molecule has 1 amide bonds. The Kier molecular flexibility index (Phi) is 3.99. The van der Waals surface area contributed by atoms with Gasteiger partial charge in [0.15, 0.2) is 0 Å².